The van der Waals surface area contributed by atoms with Crippen molar-refractivity contribution in [1.82, 2.24) is 10.6 Å². The third-order valence-corrected chi connectivity index (χ3v) is 2.08. The van der Waals surface area contributed by atoms with Gasteiger partial charge in [0, 0.05) is 19.1 Å². The summed E-state index contributed by atoms with van der Waals surface area (Å²) in [4.78, 5) is 10.3. The fourth-order valence-electron chi connectivity index (χ4n) is 1.08. The molecule has 64 valence electrons. The summed E-state index contributed by atoms with van der Waals surface area (Å²) in [7, 11) is 0. The standard InChI is InChI=1S/C6H11ClN2O2/c7-6-4(3-5(10)11)8-1-2-9-6/h4,6,8-9H,1-3H2,(H,10,11). The lowest BCUT2D eigenvalue weighted by Gasteiger charge is -2.28. The third-order valence-electron chi connectivity index (χ3n) is 1.62. The van der Waals surface area contributed by atoms with Crippen LogP contribution < -0.4 is 10.6 Å². The van der Waals surface area contributed by atoms with Gasteiger partial charge in [0.2, 0.25) is 0 Å². The van der Waals surface area contributed by atoms with Crippen LogP contribution in [0, 0.1) is 0 Å². The summed E-state index contributed by atoms with van der Waals surface area (Å²) < 4.78 is 0. The third kappa shape index (κ3) is 2.65. The van der Waals surface area contributed by atoms with E-state index in [1.54, 1.807) is 0 Å². The minimum Gasteiger partial charge on any atom is -0.481 e. The van der Waals surface area contributed by atoms with Crippen LogP contribution >= 0.6 is 11.6 Å². The smallest absolute Gasteiger partial charge is 0.305 e. The Hall–Kier alpha value is -0.320. The summed E-state index contributed by atoms with van der Waals surface area (Å²) in [6, 6.07) is -0.150. The van der Waals surface area contributed by atoms with Crippen LogP contribution in [0.3, 0.4) is 0 Å². The number of carboxylic acid groups (broad SMARTS) is 1. The van der Waals surface area contributed by atoms with Crippen LogP contribution in [0.4, 0.5) is 0 Å². The fraction of sp³-hybridized carbons (Fsp3) is 0.833. The number of nitrogens with one attached hydrogen (secondary N) is 2. The SMILES string of the molecule is O=C(O)CC1NCCNC1Cl. The molecule has 0 saturated carbocycles. The quantitative estimate of drug-likeness (QED) is 0.397. The van der Waals surface area contributed by atoms with E-state index in [2.05, 4.69) is 10.6 Å². The van der Waals surface area contributed by atoms with Crippen LogP contribution in [0.25, 0.3) is 0 Å². The maximum absolute atomic E-state index is 10.3. The molecule has 0 bridgehead atoms. The zero-order valence-corrected chi connectivity index (χ0v) is 6.77. The zero-order chi connectivity index (χ0) is 8.27. The van der Waals surface area contributed by atoms with E-state index >= 15 is 0 Å². The molecule has 0 aromatic heterocycles. The second-order valence-corrected chi connectivity index (χ2v) is 2.98. The van der Waals surface area contributed by atoms with Gasteiger partial charge < -0.3 is 10.4 Å². The Bertz CT molecular complexity index is 154. The minimum absolute atomic E-state index is 0.0706. The summed E-state index contributed by atoms with van der Waals surface area (Å²) in [5.74, 6) is -0.822. The lowest BCUT2D eigenvalue weighted by atomic mass is 10.1. The summed E-state index contributed by atoms with van der Waals surface area (Å²) in [6.45, 7) is 1.57. The Kier molecular flexibility index (Phi) is 3.11. The highest BCUT2D eigenvalue weighted by atomic mass is 35.5. The van der Waals surface area contributed by atoms with Gasteiger partial charge in [0.1, 0.15) is 0 Å². The van der Waals surface area contributed by atoms with Crippen LogP contribution in [0.2, 0.25) is 0 Å². The molecule has 4 nitrogen and oxygen atoms in total. The van der Waals surface area contributed by atoms with Gasteiger partial charge in [-0.15, -0.1) is 11.6 Å². The van der Waals surface area contributed by atoms with E-state index in [4.69, 9.17) is 16.7 Å². The van der Waals surface area contributed by atoms with E-state index in [0.29, 0.717) is 0 Å². The highest BCUT2D eigenvalue weighted by Gasteiger charge is 2.23. The molecular formula is C6H11ClN2O2. The molecule has 1 saturated heterocycles. The van der Waals surface area contributed by atoms with Crippen LogP contribution in [0.5, 0.6) is 0 Å². The Morgan fingerprint density at radius 2 is 2.18 bits per heavy atom. The lowest BCUT2D eigenvalue weighted by Crippen LogP contribution is -2.53. The molecule has 1 heterocycles. The highest BCUT2D eigenvalue weighted by molar-refractivity contribution is 6.21. The van der Waals surface area contributed by atoms with Crippen molar-refractivity contribution in [2.24, 2.45) is 0 Å². The number of piperazine rings is 1. The van der Waals surface area contributed by atoms with Gasteiger partial charge in [0.25, 0.3) is 0 Å². The van der Waals surface area contributed by atoms with E-state index < -0.39 is 5.97 Å². The molecule has 0 aromatic carbocycles. The molecule has 0 radical (unpaired) electrons. The van der Waals surface area contributed by atoms with E-state index in [9.17, 15) is 4.79 Å². The van der Waals surface area contributed by atoms with Gasteiger partial charge >= 0.3 is 5.97 Å². The summed E-state index contributed by atoms with van der Waals surface area (Å²) in [5, 5.41) is 14.5. The van der Waals surface area contributed by atoms with Crippen molar-refractivity contribution < 1.29 is 9.90 Å². The van der Waals surface area contributed by atoms with Gasteiger partial charge in [0.05, 0.1) is 11.9 Å². The molecule has 0 amide bonds. The molecule has 1 aliphatic rings. The van der Waals surface area contributed by atoms with Gasteiger partial charge in [-0.05, 0) is 0 Å². The Morgan fingerprint density at radius 1 is 1.55 bits per heavy atom. The van der Waals surface area contributed by atoms with Crippen molar-refractivity contribution in [3.8, 4) is 0 Å². The van der Waals surface area contributed by atoms with Crippen LogP contribution in [0.1, 0.15) is 6.42 Å². The second-order valence-electron chi connectivity index (χ2n) is 2.51. The molecule has 11 heavy (non-hydrogen) atoms. The number of hydrogen-bond donors (Lipinski definition) is 3. The largest absolute Gasteiger partial charge is 0.481 e. The normalized spacial score (nSPS) is 31.7. The van der Waals surface area contributed by atoms with E-state index in [1.165, 1.54) is 0 Å². The number of rotatable bonds is 2. The summed E-state index contributed by atoms with van der Waals surface area (Å²) >= 11 is 5.79. The first-order valence-electron chi connectivity index (χ1n) is 3.53. The summed E-state index contributed by atoms with van der Waals surface area (Å²) in [5.41, 5.74) is -0.264. The molecule has 0 aromatic rings. The molecule has 2 atom stereocenters. The molecule has 1 rings (SSSR count). The number of carbonyl (C=O) groups is 1. The van der Waals surface area contributed by atoms with Crippen molar-refractivity contribution in [2.75, 3.05) is 13.1 Å². The van der Waals surface area contributed by atoms with Crippen molar-refractivity contribution >= 4 is 17.6 Å². The number of halogens is 1. The van der Waals surface area contributed by atoms with Crippen LogP contribution in [-0.4, -0.2) is 35.7 Å². The van der Waals surface area contributed by atoms with Crippen LogP contribution in [0.15, 0.2) is 0 Å². The van der Waals surface area contributed by atoms with Gasteiger partial charge in [-0.1, -0.05) is 0 Å². The van der Waals surface area contributed by atoms with E-state index in [0.717, 1.165) is 13.1 Å². The number of aliphatic carboxylic acids is 1. The molecule has 1 fully saturated rings. The van der Waals surface area contributed by atoms with Crippen molar-refractivity contribution in [2.45, 2.75) is 18.0 Å². The fourth-order valence-corrected chi connectivity index (χ4v) is 1.36. The highest BCUT2D eigenvalue weighted by Crippen LogP contribution is 2.06. The van der Waals surface area contributed by atoms with Crippen molar-refractivity contribution in [3.63, 3.8) is 0 Å². The van der Waals surface area contributed by atoms with Gasteiger partial charge in [-0.2, -0.15) is 0 Å². The molecule has 2 unspecified atom stereocenters. The van der Waals surface area contributed by atoms with Gasteiger partial charge in [-0.3, -0.25) is 10.1 Å². The number of carboxylic acids is 1. The summed E-state index contributed by atoms with van der Waals surface area (Å²) in [6.07, 6.45) is 0.0706. The van der Waals surface area contributed by atoms with Crippen LogP contribution in [-0.2, 0) is 4.79 Å². The monoisotopic (exact) mass is 178 g/mol. The predicted octanol–water partition coefficient (Wildman–Crippen LogP) is -0.413. The van der Waals surface area contributed by atoms with E-state index in [-0.39, 0.29) is 18.0 Å². The first-order valence-corrected chi connectivity index (χ1v) is 3.96. The molecule has 0 aliphatic carbocycles. The maximum Gasteiger partial charge on any atom is 0.305 e. The maximum atomic E-state index is 10.3. The predicted molar refractivity (Wildman–Crippen MR) is 41.7 cm³/mol. The Balaban J connectivity index is 2.35. The zero-order valence-electron chi connectivity index (χ0n) is 6.01. The average molecular weight is 179 g/mol. The number of hydrogen-bond acceptors (Lipinski definition) is 3. The molecular weight excluding hydrogens is 168 g/mol. The molecule has 3 N–H and O–H groups in total. The molecule has 5 heteroatoms. The first kappa shape index (κ1) is 8.77. The first-order chi connectivity index (χ1) is 5.20. The van der Waals surface area contributed by atoms with E-state index in [1.807, 2.05) is 0 Å². The molecule has 0 spiro atoms. The Labute approximate surface area is 69.9 Å². The van der Waals surface area contributed by atoms with Gasteiger partial charge in [0.15, 0.2) is 0 Å². The van der Waals surface area contributed by atoms with Crippen molar-refractivity contribution in [1.29, 1.82) is 0 Å². The topological polar surface area (TPSA) is 61.4 Å². The lowest BCUT2D eigenvalue weighted by molar-refractivity contribution is -0.137. The Morgan fingerprint density at radius 3 is 2.73 bits per heavy atom. The minimum atomic E-state index is -0.822. The second kappa shape index (κ2) is 3.90. The number of alkyl halides is 1. The average Bonchev–Trinajstić information content (AvgIpc) is 1.93. The van der Waals surface area contributed by atoms with Gasteiger partial charge in [-0.25, -0.2) is 0 Å². The van der Waals surface area contributed by atoms with Crippen molar-refractivity contribution in [3.05, 3.63) is 0 Å². The molecule has 1 aliphatic heterocycles.